The average Bonchev–Trinajstić information content (AvgIpc) is 4.08. The number of nitrogens with zero attached hydrogens (tertiary/aromatic N) is 2. The van der Waals surface area contributed by atoms with Gasteiger partial charge in [0, 0.05) is 85.8 Å². The molecule has 0 spiro atoms. The van der Waals surface area contributed by atoms with Gasteiger partial charge in [0.25, 0.3) is 11.1 Å². The van der Waals surface area contributed by atoms with Crippen LogP contribution in [0, 0.1) is 23.7 Å². The first-order valence-electron chi connectivity index (χ1n) is 21.0. The minimum atomic E-state index is -0.468. The fourth-order valence-electron chi connectivity index (χ4n) is 9.86. The van der Waals surface area contributed by atoms with Crippen LogP contribution >= 0.6 is 0 Å². The number of aliphatic hydroxyl groups is 2. The van der Waals surface area contributed by atoms with Gasteiger partial charge in [0.15, 0.2) is 23.0 Å². The zero-order chi connectivity index (χ0) is 43.1. The van der Waals surface area contributed by atoms with Crippen LogP contribution in [-0.4, -0.2) is 70.0 Å². The third kappa shape index (κ3) is 7.46. The Hall–Kier alpha value is -6.20. The second-order valence-electron chi connectivity index (χ2n) is 16.3. The maximum absolute atomic E-state index is 13.2. The molecular formula is C46H50N6O10. The molecule has 62 heavy (non-hydrogen) atoms. The monoisotopic (exact) mass is 846 g/mol. The molecule has 2 aromatic carbocycles. The number of nitrogens with one attached hydrogen (secondary N) is 4. The van der Waals surface area contributed by atoms with Gasteiger partial charge in [-0.05, 0) is 73.5 Å². The number of allylic oxidation sites excluding steroid dienone is 2. The van der Waals surface area contributed by atoms with E-state index in [1.165, 1.54) is 0 Å². The smallest absolute Gasteiger partial charge is 0.258 e. The minimum absolute atomic E-state index is 0.0646. The lowest BCUT2D eigenvalue weighted by Crippen LogP contribution is -2.43. The van der Waals surface area contributed by atoms with Crippen molar-refractivity contribution in [3.8, 4) is 23.0 Å². The number of carbonyl (C=O) groups is 2. The van der Waals surface area contributed by atoms with Crippen molar-refractivity contribution in [3.63, 3.8) is 0 Å². The molecular weight excluding hydrogens is 797 g/mol. The second-order valence-corrected chi connectivity index (χ2v) is 16.3. The molecule has 16 nitrogen and oxygen atoms in total. The summed E-state index contributed by atoms with van der Waals surface area (Å²) in [7, 11) is 0. The van der Waals surface area contributed by atoms with Gasteiger partial charge in [-0.1, -0.05) is 36.4 Å². The lowest BCUT2D eigenvalue weighted by molar-refractivity contribution is -0.128. The van der Waals surface area contributed by atoms with Crippen LogP contribution in [0.15, 0.2) is 82.4 Å². The van der Waals surface area contributed by atoms with Gasteiger partial charge in [0.1, 0.15) is 0 Å². The highest BCUT2D eigenvalue weighted by Crippen LogP contribution is 2.43. The van der Waals surface area contributed by atoms with Gasteiger partial charge in [-0.2, -0.15) is 0 Å². The van der Waals surface area contributed by atoms with Crippen molar-refractivity contribution >= 4 is 24.0 Å². The maximum atomic E-state index is 13.2. The van der Waals surface area contributed by atoms with E-state index in [0.29, 0.717) is 60.3 Å². The zero-order valence-corrected chi connectivity index (χ0v) is 34.4. The summed E-state index contributed by atoms with van der Waals surface area (Å²) in [5.41, 5.74) is 4.49. The molecule has 6 aliphatic heterocycles. The van der Waals surface area contributed by atoms with Crippen LogP contribution in [0.3, 0.4) is 0 Å². The molecule has 2 saturated heterocycles. The number of rotatable bonds is 10. The number of hydrogen-bond acceptors (Lipinski definition) is 12. The minimum Gasteiger partial charge on any atom is -0.454 e. The van der Waals surface area contributed by atoms with E-state index < -0.39 is 11.8 Å². The van der Waals surface area contributed by atoms with Crippen LogP contribution in [-0.2, 0) is 35.8 Å². The third-order valence-electron chi connectivity index (χ3n) is 12.9. The van der Waals surface area contributed by atoms with Crippen molar-refractivity contribution in [2.75, 3.05) is 26.8 Å². The molecule has 0 aliphatic carbocycles. The van der Waals surface area contributed by atoms with Crippen LogP contribution < -0.4 is 51.3 Å². The fraction of sp³-hybridized carbons (Fsp3) is 0.391. The SMILES string of the molecule is C/C=C/c1ccc2n(c1=O)C[C@@H]1N[C@H]2[C@H](C(=O)NCc2ccc3c(c2)OCO3)[C@H]1CO.C/C=C\c1ccc2n(c1=O)C[C@@H]1N[C@H]2[C@H](C(=O)NCc2ccc3c(c2)OCO3)[C@H]1CO. The first-order chi connectivity index (χ1) is 30.2. The van der Waals surface area contributed by atoms with E-state index in [4.69, 9.17) is 18.9 Å². The summed E-state index contributed by atoms with van der Waals surface area (Å²) in [6.07, 6.45) is 7.25. The molecule has 0 radical (unpaired) electrons. The highest BCUT2D eigenvalue weighted by Gasteiger charge is 2.52. The van der Waals surface area contributed by atoms with E-state index in [2.05, 4.69) is 21.3 Å². The van der Waals surface area contributed by atoms with Crippen LogP contribution in [0.2, 0.25) is 0 Å². The molecule has 4 aromatic rings. The van der Waals surface area contributed by atoms with Gasteiger partial charge >= 0.3 is 0 Å². The molecule has 6 N–H and O–H groups in total. The number of aliphatic hydroxyl groups excluding tert-OH is 2. The Bertz CT molecular complexity index is 2390. The number of carbonyl (C=O) groups excluding carboxylic acids is 2. The van der Waals surface area contributed by atoms with E-state index in [9.17, 15) is 29.4 Å². The number of pyridine rings is 2. The molecule has 324 valence electrons. The van der Waals surface area contributed by atoms with Gasteiger partial charge in [-0.3, -0.25) is 19.2 Å². The molecule has 8 atom stereocenters. The Morgan fingerprint density at radius 3 is 1.47 bits per heavy atom. The van der Waals surface area contributed by atoms with Gasteiger partial charge in [-0.25, -0.2) is 0 Å². The Kier molecular flexibility index (Phi) is 11.5. The number of amides is 2. The van der Waals surface area contributed by atoms with Crippen molar-refractivity contribution in [2.24, 2.45) is 23.7 Å². The van der Waals surface area contributed by atoms with Crippen molar-refractivity contribution in [2.45, 2.75) is 64.2 Å². The Morgan fingerprint density at radius 2 is 1.06 bits per heavy atom. The largest absolute Gasteiger partial charge is 0.454 e. The first-order valence-corrected chi connectivity index (χ1v) is 21.0. The lowest BCUT2D eigenvalue weighted by Gasteiger charge is -2.28. The molecule has 16 heteroatoms. The van der Waals surface area contributed by atoms with Crippen molar-refractivity contribution < 1.29 is 38.7 Å². The van der Waals surface area contributed by atoms with Gasteiger partial charge in [0.2, 0.25) is 25.4 Å². The highest BCUT2D eigenvalue weighted by molar-refractivity contribution is 5.81. The predicted molar refractivity (Wildman–Crippen MR) is 227 cm³/mol. The summed E-state index contributed by atoms with van der Waals surface area (Å²) in [5, 5.41) is 33.0. The van der Waals surface area contributed by atoms with Crippen LogP contribution in [0.25, 0.3) is 12.2 Å². The second kappa shape index (κ2) is 17.3. The number of fused-ring (bicyclic) bond motifs is 10. The summed E-state index contributed by atoms with van der Waals surface area (Å²) in [5.74, 6) is 0.969. The van der Waals surface area contributed by atoms with Crippen molar-refractivity contribution in [1.82, 2.24) is 30.4 Å². The van der Waals surface area contributed by atoms with E-state index in [-0.39, 0.29) is 85.7 Å². The summed E-state index contributed by atoms with van der Waals surface area (Å²) < 4.78 is 24.9. The fourth-order valence-corrected chi connectivity index (χ4v) is 9.86. The molecule has 0 unspecified atom stereocenters. The Morgan fingerprint density at radius 1 is 0.645 bits per heavy atom. The molecule has 2 fully saturated rings. The van der Waals surface area contributed by atoms with E-state index in [1.807, 2.05) is 74.5 Å². The quantitative estimate of drug-likeness (QED) is 0.136. The Labute approximate surface area is 357 Å². The molecule has 6 aliphatic rings. The lowest BCUT2D eigenvalue weighted by atomic mass is 9.86. The topological polar surface area (TPSA) is 204 Å². The summed E-state index contributed by atoms with van der Waals surface area (Å²) in [4.78, 5) is 52.2. The number of ether oxygens (including phenoxy) is 4. The maximum Gasteiger partial charge on any atom is 0.258 e. The average molecular weight is 847 g/mol. The van der Waals surface area contributed by atoms with Gasteiger partial charge in [-0.15, -0.1) is 0 Å². The van der Waals surface area contributed by atoms with Gasteiger partial charge in [0.05, 0.1) is 23.9 Å². The van der Waals surface area contributed by atoms with Gasteiger partial charge < -0.3 is 59.6 Å². The summed E-state index contributed by atoms with van der Waals surface area (Å²) in [6, 6.07) is 17.6. The van der Waals surface area contributed by atoms with E-state index in [0.717, 1.165) is 22.5 Å². The molecule has 0 saturated carbocycles. The zero-order valence-electron chi connectivity index (χ0n) is 34.4. The van der Waals surface area contributed by atoms with Crippen LogP contribution in [0.4, 0.5) is 0 Å². The number of hydrogen-bond donors (Lipinski definition) is 6. The summed E-state index contributed by atoms with van der Waals surface area (Å²) >= 11 is 0. The van der Waals surface area contributed by atoms with E-state index >= 15 is 0 Å². The molecule has 10 rings (SSSR count). The normalized spacial score (nSPS) is 25.6. The third-order valence-corrected chi connectivity index (χ3v) is 12.9. The van der Waals surface area contributed by atoms with Crippen LogP contribution in [0.5, 0.6) is 23.0 Å². The molecule has 4 bridgehead atoms. The highest BCUT2D eigenvalue weighted by atomic mass is 16.7. The van der Waals surface area contributed by atoms with Crippen molar-refractivity contribution in [3.05, 3.63) is 127 Å². The standard InChI is InChI=1S/2C23H25N3O5/c2*1-2-3-14-5-6-17-21-20(15(11-27)16(25-21)10-26(17)23(14)29)22(28)24-9-13-4-7-18-19(8-13)31-12-30-18/h2*2-8,15-16,20-21,25,27H,9-12H2,1H3,(H,24,28)/b3-2+;3-2-/t2*15-,16-,20+,21+/m00/s1. The first kappa shape index (κ1) is 41.2. The molecule has 2 amide bonds. The van der Waals surface area contributed by atoms with E-state index in [1.54, 1.807) is 33.4 Å². The number of aromatic nitrogens is 2. The van der Waals surface area contributed by atoms with Crippen molar-refractivity contribution in [1.29, 1.82) is 0 Å². The summed E-state index contributed by atoms with van der Waals surface area (Å²) in [6.45, 7) is 5.46. The predicted octanol–water partition coefficient (Wildman–Crippen LogP) is 2.36. The number of benzene rings is 2. The Balaban J connectivity index is 0.000000158. The molecule has 2 aromatic heterocycles. The molecule has 8 heterocycles. The van der Waals surface area contributed by atoms with Crippen LogP contribution in [0.1, 0.15) is 59.6 Å².